The van der Waals surface area contributed by atoms with Crippen molar-refractivity contribution in [2.24, 2.45) is 17.8 Å². The maximum absolute atomic E-state index is 12.0. The van der Waals surface area contributed by atoms with Gasteiger partial charge in [0.1, 0.15) is 11.5 Å². The summed E-state index contributed by atoms with van der Waals surface area (Å²) < 4.78 is 10.6. The Morgan fingerprint density at radius 1 is 1.30 bits per heavy atom. The molecule has 0 aromatic carbocycles. The number of ketones is 1. The molecular weight excluding hydrogens is 260 g/mol. The van der Waals surface area contributed by atoms with Crippen molar-refractivity contribution in [2.75, 3.05) is 14.2 Å². The minimum absolute atomic E-state index is 0.0488. The minimum Gasteiger partial charge on any atom is -0.512 e. The number of carbonyl (C=O) groups is 2. The average molecular weight is 282 g/mol. The number of esters is 1. The van der Waals surface area contributed by atoms with Crippen molar-refractivity contribution >= 4 is 11.8 Å². The number of ether oxygens (including phenoxy) is 2. The number of rotatable bonds is 3. The molecule has 0 radical (unpaired) electrons. The molecular formula is C15H22O5. The number of aliphatic hydroxyl groups is 1. The first-order valence-corrected chi connectivity index (χ1v) is 6.95. The lowest BCUT2D eigenvalue weighted by Gasteiger charge is -2.53. The fourth-order valence-corrected chi connectivity index (χ4v) is 4.08. The predicted molar refractivity (Wildman–Crippen MR) is 72.1 cm³/mol. The maximum Gasteiger partial charge on any atom is 0.337 e. The van der Waals surface area contributed by atoms with Crippen molar-refractivity contribution in [3.8, 4) is 0 Å². The van der Waals surface area contributed by atoms with E-state index in [9.17, 15) is 14.7 Å². The molecule has 5 nitrogen and oxygen atoms in total. The summed E-state index contributed by atoms with van der Waals surface area (Å²) in [4.78, 5) is 24.0. The number of methoxy groups -OCH3 is 2. The number of carbonyl (C=O) groups excluding carboxylic acids is 2. The highest BCUT2D eigenvalue weighted by atomic mass is 16.5. The molecule has 2 bridgehead atoms. The molecule has 20 heavy (non-hydrogen) atoms. The van der Waals surface area contributed by atoms with Crippen LogP contribution in [-0.4, -0.2) is 36.7 Å². The summed E-state index contributed by atoms with van der Waals surface area (Å²) in [7, 11) is 2.90. The molecule has 0 aromatic rings. The van der Waals surface area contributed by atoms with Crippen LogP contribution in [0, 0.1) is 17.8 Å². The molecule has 5 heteroatoms. The fraction of sp³-hybridized carbons (Fsp3) is 0.733. The van der Waals surface area contributed by atoms with Crippen LogP contribution in [0.15, 0.2) is 11.3 Å². The number of fused-ring (bicyclic) bond motifs is 2. The Morgan fingerprint density at radius 3 is 2.45 bits per heavy atom. The minimum atomic E-state index is -0.594. The second-order valence-electron chi connectivity index (χ2n) is 5.96. The Bertz CT molecular complexity index is 465. The molecule has 0 saturated heterocycles. The van der Waals surface area contributed by atoms with E-state index in [4.69, 9.17) is 9.47 Å². The van der Waals surface area contributed by atoms with Crippen molar-refractivity contribution in [2.45, 2.75) is 38.7 Å². The Labute approximate surface area is 118 Å². The number of hydrogen-bond acceptors (Lipinski definition) is 5. The van der Waals surface area contributed by atoms with Crippen LogP contribution in [0.5, 0.6) is 0 Å². The average Bonchev–Trinajstić information content (AvgIpc) is 2.37. The Morgan fingerprint density at radius 2 is 1.95 bits per heavy atom. The third-order valence-corrected chi connectivity index (χ3v) is 4.85. The van der Waals surface area contributed by atoms with Crippen molar-refractivity contribution < 1.29 is 24.2 Å². The van der Waals surface area contributed by atoms with E-state index in [1.807, 2.05) is 13.8 Å². The molecule has 1 fully saturated rings. The second kappa shape index (κ2) is 5.20. The van der Waals surface area contributed by atoms with E-state index in [0.717, 1.165) is 0 Å². The predicted octanol–water partition coefficient (Wildman–Crippen LogP) is 2.01. The van der Waals surface area contributed by atoms with Gasteiger partial charge in [0.25, 0.3) is 0 Å². The van der Waals surface area contributed by atoms with Gasteiger partial charge in [0.05, 0.1) is 18.3 Å². The monoisotopic (exact) mass is 282 g/mol. The van der Waals surface area contributed by atoms with Gasteiger partial charge in [-0.2, -0.15) is 0 Å². The summed E-state index contributed by atoms with van der Waals surface area (Å²) in [5.74, 6) is -0.798. The third-order valence-electron chi connectivity index (χ3n) is 4.85. The molecule has 1 N–H and O–H groups in total. The summed E-state index contributed by atoms with van der Waals surface area (Å²) >= 11 is 0. The highest BCUT2D eigenvalue weighted by molar-refractivity contribution is 5.92. The smallest absolute Gasteiger partial charge is 0.337 e. The number of hydrogen-bond donors (Lipinski definition) is 1. The molecule has 3 atom stereocenters. The van der Waals surface area contributed by atoms with E-state index in [-0.39, 0.29) is 35.4 Å². The van der Waals surface area contributed by atoms with Crippen molar-refractivity contribution in [3.63, 3.8) is 0 Å². The van der Waals surface area contributed by atoms with Gasteiger partial charge in [0, 0.05) is 38.2 Å². The van der Waals surface area contributed by atoms with Crippen molar-refractivity contribution in [1.82, 2.24) is 0 Å². The summed E-state index contributed by atoms with van der Waals surface area (Å²) in [6, 6.07) is 0. The van der Waals surface area contributed by atoms with Gasteiger partial charge < -0.3 is 14.6 Å². The van der Waals surface area contributed by atoms with Gasteiger partial charge in [-0.1, -0.05) is 13.8 Å². The SMILES string of the molecule is COC(=O)C1=C(O)CC2CC(=O)CC1C2(OC)C(C)C. The van der Waals surface area contributed by atoms with Gasteiger partial charge in [-0.05, 0) is 5.92 Å². The largest absolute Gasteiger partial charge is 0.512 e. The van der Waals surface area contributed by atoms with Crippen LogP contribution >= 0.6 is 0 Å². The first-order chi connectivity index (χ1) is 9.38. The van der Waals surface area contributed by atoms with Gasteiger partial charge >= 0.3 is 5.97 Å². The van der Waals surface area contributed by atoms with Gasteiger partial charge in [0.15, 0.2) is 0 Å². The lowest BCUT2D eigenvalue weighted by atomic mass is 9.56. The van der Waals surface area contributed by atoms with E-state index in [1.54, 1.807) is 7.11 Å². The van der Waals surface area contributed by atoms with Crippen molar-refractivity contribution in [1.29, 1.82) is 0 Å². The summed E-state index contributed by atoms with van der Waals surface area (Å²) in [5, 5.41) is 10.2. The molecule has 2 aliphatic carbocycles. The van der Waals surface area contributed by atoms with E-state index in [0.29, 0.717) is 12.8 Å². The first-order valence-electron chi connectivity index (χ1n) is 6.95. The maximum atomic E-state index is 12.0. The fourth-order valence-electron chi connectivity index (χ4n) is 4.08. The molecule has 1 saturated carbocycles. The first kappa shape index (κ1) is 15.0. The highest BCUT2D eigenvalue weighted by Gasteiger charge is 2.58. The highest BCUT2D eigenvalue weighted by Crippen LogP contribution is 2.53. The van der Waals surface area contributed by atoms with E-state index < -0.39 is 17.5 Å². The Kier molecular flexibility index (Phi) is 3.91. The molecule has 0 heterocycles. The quantitative estimate of drug-likeness (QED) is 0.802. The molecule has 3 unspecified atom stereocenters. The van der Waals surface area contributed by atoms with E-state index in [1.165, 1.54) is 7.11 Å². The molecule has 2 aliphatic rings. The topological polar surface area (TPSA) is 72.8 Å². The van der Waals surface area contributed by atoms with Crippen LogP contribution in [-0.2, 0) is 19.1 Å². The van der Waals surface area contributed by atoms with Gasteiger partial charge in [-0.3, -0.25) is 4.79 Å². The van der Waals surface area contributed by atoms with Crippen LogP contribution < -0.4 is 0 Å². The summed E-state index contributed by atoms with van der Waals surface area (Å²) in [6.45, 7) is 4.05. The van der Waals surface area contributed by atoms with Gasteiger partial charge in [0.2, 0.25) is 0 Å². The normalized spacial score (nSPS) is 33.5. The van der Waals surface area contributed by atoms with Gasteiger partial charge in [-0.25, -0.2) is 4.79 Å². The lowest BCUT2D eigenvalue weighted by Crippen LogP contribution is -2.59. The van der Waals surface area contributed by atoms with Crippen LogP contribution in [0.3, 0.4) is 0 Å². The Balaban J connectivity index is 2.58. The summed E-state index contributed by atoms with van der Waals surface area (Å²) in [6.07, 6.45) is 0.900. The zero-order valence-corrected chi connectivity index (χ0v) is 12.4. The van der Waals surface area contributed by atoms with E-state index >= 15 is 0 Å². The van der Waals surface area contributed by atoms with Crippen LogP contribution in [0.25, 0.3) is 0 Å². The number of Topliss-reactive ketones (excluding diaryl/α,β-unsaturated/α-hetero) is 1. The van der Waals surface area contributed by atoms with Gasteiger partial charge in [-0.15, -0.1) is 0 Å². The molecule has 0 aromatic heterocycles. The lowest BCUT2D eigenvalue weighted by molar-refractivity contribution is -0.168. The number of allylic oxidation sites excluding steroid dienone is 1. The molecule has 2 rings (SSSR count). The summed E-state index contributed by atoms with van der Waals surface area (Å²) in [5.41, 5.74) is -0.378. The molecule has 0 spiro atoms. The number of aliphatic hydroxyl groups excluding tert-OH is 1. The molecule has 0 aliphatic heterocycles. The standard InChI is InChI=1S/C15H22O5/c1-8(2)15(20-4)9-5-10(16)7-11(15)13(12(17)6-9)14(18)19-3/h8-9,11,17H,5-7H2,1-4H3. The van der Waals surface area contributed by atoms with Crippen LogP contribution in [0.4, 0.5) is 0 Å². The Hall–Kier alpha value is -1.36. The van der Waals surface area contributed by atoms with Crippen LogP contribution in [0.2, 0.25) is 0 Å². The zero-order valence-electron chi connectivity index (χ0n) is 12.4. The van der Waals surface area contributed by atoms with E-state index in [2.05, 4.69) is 0 Å². The van der Waals surface area contributed by atoms with Crippen LogP contribution in [0.1, 0.15) is 33.1 Å². The van der Waals surface area contributed by atoms with Crippen molar-refractivity contribution in [3.05, 3.63) is 11.3 Å². The second-order valence-corrected chi connectivity index (χ2v) is 5.96. The molecule has 112 valence electrons. The zero-order chi connectivity index (χ0) is 15.1. The molecule has 0 amide bonds. The third kappa shape index (κ3) is 1.95.